The van der Waals surface area contributed by atoms with E-state index in [-0.39, 0.29) is 17.5 Å². The summed E-state index contributed by atoms with van der Waals surface area (Å²) >= 11 is 0. The molecule has 1 amide bonds. The number of ether oxygens (including phenoxy) is 2. The summed E-state index contributed by atoms with van der Waals surface area (Å²) in [6.45, 7) is 3.56. The molecule has 1 unspecified atom stereocenters. The number of hydrogen-bond acceptors (Lipinski definition) is 6. The minimum absolute atomic E-state index is 0.0836. The van der Waals surface area contributed by atoms with Crippen LogP contribution in [0.1, 0.15) is 41.4 Å². The lowest BCUT2D eigenvalue weighted by Gasteiger charge is -2.15. The Morgan fingerprint density at radius 1 is 1.07 bits per heavy atom. The summed E-state index contributed by atoms with van der Waals surface area (Å²) in [4.78, 5) is 32.7. The maximum absolute atomic E-state index is 12.4. The number of amides is 1. The molecule has 154 valence electrons. The molecule has 1 N–H and O–H groups in total. The van der Waals surface area contributed by atoms with Gasteiger partial charge in [0.1, 0.15) is 11.3 Å². The van der Waals surface area contributed by atoms with Crippen LogP contribution in [-0.2, 0) is 16.0 Å². The summed E-state index contributed by atoms with van der Waals surface area (Å²) in [5.74, 6) is -0.572. The number of aryl methyl sites for hydroxylation is 1. The van der Waals surface area contributed by atoms with Gasteiger partial charge in [-0.2, -0.15) is 0 Å². The van der Waals surface area contributed by atoms with E-state index in [0.717, 1.165) is 12.0 Å². The molecule has 3 rings (SSSR count). The third-order valence-electron chi connectivity index (χ3n) is 4.44. The molecule has 30 heavy (non-hydrogen) atoms. The van der Waals surface area contributed by atoms with E-state index in [2.05, 4.69) is 22.2 Å². The summed E-state index contributed by atoms with van der Waals surface area (Å²) in [6.07, 6.45) is 5.57. The molecule has 7 heteroatoms. The molecule has 0 aliphatic heterocycles. The second kappa shape index (κ2) is 10.2. The number of nitrogens with zero attached hydrogens (tertiary/aromatic N) is 2. The fraction of sp³-hybridized carbons (Fsp3) is 0.217. The van der Waals surface area contributed by atoms with Gasteiger partial charge in [0, 0.05) is 12.4 Å². The van der Waals surface area contributed by atoms with Crippen molar-refractivity contribution in [3.63, 3.8) is 0 Å². The topological polar surface area (TPSA) is 90.4 Å². The van der Waals surface area contributed by atoms with Gasteiger partial charge in [0.2, 0.25) is 5.88 Å². The molecule has 7 nitrogen and oxygen atoms in total. The molecule has 1 aromatic carbocycles. The zero-order valence-electron chi connectivity index (χ0n) is 16.9. The van der Waals surface area contributed by atoms with Crippen LogP contribution in [0.15, 0.2) is 67.1 Å². The molecular formula is C23H23N3O4. The van der Waals surface area contributed by atoms with Gasteiger partial charge in [-0.05, 0) is 48.7 Å². The van der Waals surface area contributed by atoms with Crippen LogP contribution in [0.3, 0.4) is 0 Å². The number of carbonyl (C=O) groups is 2. The molecule has 0 bridgehead atoms. The van der Waals surface area contributed by atoms with Crippen molar-refractivity contribution in [3.05, 3.63) is 83.8 Å². The lowest BCUT2D eigenvalue weighted by Crippen LogP contribution is -2.31. The first kappa shape index (κ1) is 21.0. The maximum atomic E-state index is 12.4. The molecule has 0 radical (unpaired) electrons. The molecule has 3 aromatic rings. The fourth-order valence-electron chi connectivity index (χ4n) is 2.76. The number of aromatic nitrogens is 2. The van der Waals surface area contributed by atoms with Crippen molar-refractivity contribution in [2.24, 2.45) is 0 Å². The van der Waals surface area contributed by atoms with Gasteiger partial charge in [-0.15, -0.1) is 0 Å². The first-order valence-corrected chi connectivity index (χ1v) is 9.65. The number of carbonyl (C=O) groups excluding carboxylic acids is 2. The lowest BCUT2D eigenvalue weighted by molar-refractivity contribution is -0.124. The average Bonchev–Trinajstić information content (AvgIpc) is 2.78. The van der Waals surface area contributed by atoms with E-state index < -0.39 is 18.5 Å². The monoisotopic (exact) mass is 405 g/mol. The highest BCUT2D eigenvalue weighted by atomic mass is 16.5. The predicted molar refractivity (Wildman–Crippen MR) is 111 cm³/mol. The van der Waals surface area contributed by atoms with Crippen LogP contribution < -0.4 is 10.1 Å². The van der Waals surface area contributed by atoms with Crippen molar-refractivity contribution < 1.29 is 19.1 Å². The SMILES string of the molecule is CCc1ccc(C(C)NC(=O)COC(=O)c2cccnc2Oc2cccnc2)cc1. The van der Waals surface area contributed by atoms with Gasteiger partial charge in [0.05, 0.1) is 12.2 Å². The van der Waals surface area contributed by atoms with Gasteiger partial charge < -0.3 is 14.8 Å². The minimum Gasteiger partial charge on any atom is -0.452 e. The Hall–Kier alpha value is -3.74. The average molecular weight is 405 g/mol. The van der Waals surface area contributed by atoms with E-state index in [0.29, 0.717) is 5.75 Å². The van der Waals surface area contributed by atoms with E-state index in [1.165, 1.54) is 24.0 Å². The summed E-state index contributed by atoms with van der Waals surface area (Å²) in [5.41, 5.74) is 2.33. The largest absolute Gasteiger partial charge is 0.452 e. The molecule has 2 aromatic heterocycles. The minimum atomic E-state index is -0.697. The van der Waals surface area contributed by atoms with Gasteiger partial charge in [-0.25, -0.2) is 9.78 Å². The number of nitrogens with one attached hydrogen (secondary N) is 1. The predicted octanol–water partition coefficient (Wildman–Crippen LogP) is 3.87. The van der Waals surface area contributed by atoms with Gasteiger partial charge in [0.25, 0.3) is 5.91 Å². The van der Waals surface area contributed by atoms with Gasteiger partial charge in [-0.3, -0.25) is 9.78 Å². The van der Waals surface area contributed by atoms with Crippen LogP contribution in [0.25, 0.3) is 0 Å². The standard InChI is InChI=1S/C23H23N3O4/c1-3-17-8-10-18(11-9-17)16(2)26-21(27)15-29-23(28)20-7-5-13-25-22(20)30-19-6-4-12-24-14-19/h4-14,16H,3,15H2,1-2H3,(H,26,27). The van der Waals surface area contributed by atoms with Crippen molar-refractivity contribution in [1.29, 1.82) is 0 Å². The van der Waals surface area contributed by atoms with Crippen molar-refractivity contribution in [1.82, 2.24) is 15.3 Å². The smallest absolute Gasteiger partial charge is 0.344 e. The number of rotatable bonds is 8. The van der Waals surface area contributed by atoms with Crippen LogP contribution in [-0.4, -0.2) is 28.5 Å². The quantitative estimate of drug-likeness (QED) is 0.572. The van der Waals surface area contributed by atoms with Crippen LogP contribution in [0.5, 0.6) is 11.6 Å². The summed E-state index contributed by atoms with van der Waals surface area (Å²) in [6, 6.07) is 14.3. The Morgan fingerprint density at radius 3 is 2.53 bits per heavy atom. The number of pyridine rings is 2. The van der Waals surface area contributed by atoms with E-state index in [9.17, 15) is 9.59 Å². The molecule has 0 fully saturated rings. The molecule has 0 aliphatic rings. The molecular weight excluding hydrogens is 382 g/mol. The third kappa shape index (κ3) is 5.64. The van der Waals surface area contributed by atoms with Crippen molar-refractivity contribution in [3.8, 4) is 11.6 Å². The molecule has 0 saturated carbocycles. The summed E-state index contributed by atoms with van der Waals surface area (Å²) in [5, 5.41) is 2.82. The maximum Gasteiger partial charge on any atom is 0.344 e. The molecule has 2 heterocycles. The first-order valence-electron chi connectivity index (χ1n) is 9.65. The van der Waals surface area contributed by atoms with Gasteiger partial charge >= 0.3 is 5.97 Å². The van der Waals surface area contributed by atoms with E-state index in [1.54, 1.807) is 24.4 Å². The normalized spacial score (nSPS) is 11.4. The molecule has 1 atom stereocenters. The Balaban J connectivity index is 1.56. The second-order valence-corrected chi connectivity index (χ2v) is 6.61. The second-order valence-electron chi connectivity index (χ2n) is 6.61. The van der Waals surface area contributed by atoms with Crippen LogP contribution in [0, 0.1) is 0 Å². The van der Waals surface area contributed by atoms with Crippen LogP contribution >= 0.6 is 0 Å². The van der Waals surface area contributed by atoms with Gasteiger partial charge in [0.15, 0.2) is 6.61 Å². The zero-order chi connectivity index (χ0) is 21.3. The van der Waals surface area contributed by atoms with Crippen molar-refractivity contribution in [2.45, 2.75) is 26.3 Å². The third-order valence-corrected chi connectivity index (χ3v) is 4.44. The van der Waals surface area contributed by atoms with E-state index >= 15 is 0 Å². The Labute approximate surface area is 175 Å². The van der Waals surface area contributed by atoms with Crippen molar-refractivity contribution in [2.75, 3.05) is 6.61 Å². The van der Waals surface area contributed by atoms with Crippen LogP contribution in [0.2, 0.25) is 0 Å². The number of esters is 1. The molecule has 0 saturated heterocycles. The first-order chi connectivity index (χ1) is 14.6. The lowest BCUT2D eigenvalue weighted by atomic mass is 10.1. The fourth-order valence-corrected chi connectivity index (χ4v) is 2.76. The number of benzene rings is 1. The molecule has 0 aliphatic carbocycles. The van der Waals surface area contributed by atoms with Crippen LogP contribution in [0.4, 0.5) is 0 Å². The van der Waals surface area contributed by atoms with E-state index in [4.69, 9.17) is 9.47 Å². The highest BCUT2D eigenvalue weighted by Crippen LogP contribution is 2.22. The Bertz CT molecular complexity index is 991. The Morgan fingerprint density at radius 2 is 1.83 bits per heavy atom. The highest BCUT2D eigenvalue weighted by molar-refractivity contribution is 5.93. The highest BCUT2D eigenvalue weighted by Gasteiger charge is 2.18. The molecule has 0 spiro atoms. The zero-order valence-corrected chi connectivity index (χ0v) is 16.9. The van der Waals surface area contributed by atoms with Crippen molar-refractivity contribution >= 4 is 11.9 Å². The van der Waals surface area contributed by atoms with Gasteiger partial charge in [-0.1, -0.05) is 31.2 Å². The summed E-state index contributed by atoms with van der Waals surface area (Å²) in [7, 11) is 0. The summed E-state index contributed by atoms with van der Waals surface area (Å²) < 4.78 is 10.8. The number of hydrogen-bond donors (Lipinski definition) is 1. The van der Waals surface area contributed by atoms with E-state index in [1.807, 2.05) is 31.2 Å². The Kier molecular flexibility index (Phi) is 7.10.